The third-order valence-electron chi connectivity index (χ3n) is 3.33. The van der Waals surface area contributed by atoms with E-state index >= 15 is 0 Å². The summed E-state index contributed by atoms with van der Waals surface area (Å²) in [5.74, 6) is 1.26. The molecule has 1 heterocycles. The van der Waals surface area contributed by atoms with E-state index in [0.29, 0.717) is 25.7 Å². The average Bonchev–Trinajstić information content (AvgIpc) is 3.00. The summed E-state index contributed by atoms with van der Waals surface area (Å²) in [6, 6.07) is 9.86. The van der Waals surface area contributed by atoms with Gasteiger partial charge >= 0.3 is 0 Å². The number of aliphatic imine (C=N–C) groups is 1. The minimum Gasteiger partial charge on any atom is -0.467 e. The second-order valence-corrected chi connectivity index (χ2v) is 5.18. The summed E-state index contributed by atoms with van der Waals surface area (Å²) in [7, 11) is 0. The van der Waals surface area contributed by atoms with Crippen LogP contribution in [0.1, 0.15) is 23.3 Å². The zero-order valence-corrected chi connectivity index (χ0v) is 15.9. The summed E-state index contributed by atoms with van der Waals surface area (Å²) in [5.41, 5.74) is 9.31. The maximum atomic E-state index is 5.87. The van der Waals surface area contributed by atoms with E-state index < -0.39 is 0 Å². The van der Waals surface area contributed by atoms with Crippen molar-refractivity contribution in [1.82, 2.24) is 0 Å². The molecule has 1 aromatic heterocycles. The molecular weight excluding hydrogens is 405 g/mol. The van der Waals surface area contributed by atoms with Crippen LogP contribution in [-0.4, -0.2) is 19.1 Å². The lowest BCUT2D eigenvalue weighted by molar-refractivity contribution is 0.105. The van der Waals surface area contributed by atoms with Gasteiger partial charge in [-0.3, -0.25) is 4.99 Å². The zero-order chi connectivity index (χ0) is 15.8. The number of benzene rings is 1. The smallest absolute Gasteiger partial charge is 0.193 e. The standard InChI is InChI=1S/C17H23N3O2.HI/c1-13-6-7-15(11-14(13)2)20-17(18)19-8-4-9-21-12-16-5-3-10-22-16;/h3,5-7,10-11H,4,8-9,12H2,1-2H3,(H3,18,19,20);1H. The van der Waals surface area contributed by atoms with Crippen LogP contribution in [0.5, 0.6) is 0 Å². The van der Waals surface area contributed by atoms with Crippen LogP contribution >= 0.6 is 24.0 Å². The molecule has 6 heteroatoms. The summed E-state index contributed by atoms with van der Waals surface area (Å²) >= 11 is 0. The Labute approximate surface area is 154 Å². The maximum absolute atomic E-state index is 5.87. The molecule has 0 atom stereocenters. The van der Waals surface area contributed by atoms with Gasteiger partial charge in [0.2, 0.25) is 0 Å². The fourth-order valence-electron chi connectivity index (χ4n) is 1.94. The Morgan fingerprint density at radius 1 is 1.26 bits per heavy atom. The topological polar surface area (TPSA) is 72.8 Å². The Morgan fingerprint density at radius 3 is 2.78 bits per heavy atom. The monoisotopic (exact) mass is 429 g/mol. The number of ether oxygens (including phenoxy) is 1. The van der Waals surface area contributed by atoms with Crippen LogP contribution in [0, 0.1) is 13.8 Å². The Balaban J connectivity index is 0.00000264. The Kier molecular flexibility index (Phi) is 8.71. The van der Waals surface area contributed by atoms with Crippen LogP contribution in [0.25, 0.3) is 0 Å². The van der Waals surface area contributed by atoms with Gasteiger partial charge in [0.05, 0.1) is 6.26 Å². The van der Waals surface area contributed by atoms with Crippen molar-refractivity contribution in [2.75, 3.05) is 18.5 Å². The molecule has 0 aliphatic heterocycles. The quantitative estimate of drug-likeness (QED) is 0.304. The number of nitrogens with one attached hydrogen (secondary N) is 1. The van der Waals surface area contributed by atoms with E-state index in [4.69, 9.17) is 14.9 Å². The highest BCUT2D eigenvalue weighted by Gasteiger charge is 1.98. The third-order valence-corrected chi connectivity index (χ3v) is 3.33. The van der Waals surface area contributed by atoms with Gasteiger partial charge in [0.15, 0.2) is 5.96 Å². The van der Waals surface area contributed by atoms with E-state index in [-0.39, 0.29) is 24.0 Å². The predicted molar refractivity (Wildman–Crippen MR) is 104 cm³/mol. The van der Waals surface area contributed by atoms with Gasteiger partial charge in [-0.1, -0.05) is 6.07 Å². The van der Waals surface area contributed by atoms with Gasteiger partial charge in [0, 0.05) is 18.8 Å². The molecular formula is C17H24IN3O2. The van der Waals surface area contributed by atoms with Crippen molar-refractivity contribution in [2.24, 2.45) is 10.7 Å². The van der Waals surface area contributed by atoms with Crippen molar-refractivity contribution < 1.29 is 9.15 Å². The minimum absolute atomic E-state index is 0. The van der Waals surface area contributed by atoms with Gasteiger partial charge < -0.3 is 20.2 Å². The van der Waals surface area contributed by atoms with E-state index in [1.807, 2.05) is 18.2 Å². The van der Waals surface area contributed by atoms with E-state index in [2.05, 4.69) is 36.3 Å². The van der Waals surface area contributed by atoms with E-state index in [0.717, 1.165) is 17.9 Å². The number of nitrogens with two attached hydrogens (primary N) is 1. The summed E-state index contributed by atoms with van der Waals surface area (Å²) in [5, 5.41) is 3.10. The first-order valence-electron chi connectivity index (χ1n) is 7.39. The summed E-state index contributed by atoms with van der Waals surface area (Å²) in [6.07, 6.45) is 2.46. The number of aryl methyl sites for hydroxylation is 2. The number of furan rings is 1. The average molecular weight is 429 g/mol. The fourth-order valence-corrected chi connectivity index (χ4v) is 1.94. The predicted octanol–water partition coefficient (Wildman–Crippen LogP) is 3.85. The molecule has 0 saturated heterocycles. The number of guanidine groups is 1. The molecule has 5 nitrogen and oxygen atoms in total. The highest BCUT2D eigenvalue weighted by atomic mass is 127. The lowest BCUT2D eigenvalue weighted by atomic mass is 10.1. The normalized spacial score (nSPS) is 11.1. The molecule has 0 aliphatic rings. The highest BCUT2D eigenvalue weighted by Crippen LogP contribution is 2.13. The molecule has 0 fully saturated rings. The summed E-state index contributed by atoms with van der Waals surface area (Å²) in [4.78, 5) is 4.29. The van der Waals surface area contributed by atoms with Crippen LogP contribution in [0.2, 0.25) is 0 Å². The molecule has 0 amide bonds. The number of hydrogen-bond donors (Lipinski definition) is 2. The zero-order valence-electron chi connectivity index (χ0n) is 13.5. The van der Waals surface area contributed by atoms with Gasteiger partial charge in [-0.25, -0.2) is 0 Å². The molecule has 126 valence electrons. The van der Waals surface area contributed by atoms with Gasteiger partial charge in [-0.05, 0) is 55.7 Å². The molecule has 23 heavy (non-hydrogen) atoms. The largest absolute Gasteiger partial charge is 0.467 e. The number of halogens is 1. The van der Waals surface area contributed by atoms with Crippen LogP contribution in [0.15, 0.2) is 46.0 Å². The van der Waals surface area contributed by atoms with Crippen LogP contribution in [-0.2, 0) is 11.3 Å². The third kappa shape index (κ3) is 7.04. The fraction of sp³-hybridized carbons (Fsp3) is 0.353. The molecule has 0 unspecified atom stereocenters. The summed E-state index contributed by atoms with van der Waals surface area (Å²) < 4.78 is 10.7. The van der Waals surface area contributed by atoms with E-state index in [1.54, 1.807) is 6.26 Å². The van der Waals surface area contributed by atoms with Crippen molar-refractivity contribution >= 4 is 35.6 Å². The number of nitrogens with zero attached hydrogens (tertiary/aromatic N) is 1. The molecule has 0 spiro atoms. The number of rotatable bonds is 7. The van der Waals surface area contributed by atoms with Crippen molar-refractivity contribution in [3.63, 3.8) is 0 Å². The second-order valence-electron chi connectivity index (χ2n) is 5.18. The molecule has 3 N–H and O–H groups in total. The first-order chi connectivity index (χ1) is 10.6. The number of hydrogen-bond acceptors (Lipinski definition) is 3. The lowest BCUT2D eigenvalue weighted by Gasteiger charge is -2.08. The molecule has 1 aromatic carbocycles. The van der Waals surface area contributed by atoms with Crippen molar-refractivity contribution in [1.29, 1.82) is 0 Å². The molecule has 0 aliphatic carbocycles. The van der Waals surface area contributed by atoms with Crippen LogP contribution in [0.4, 0.5) is 5.69 Å². The molecule has 2 aromatic rings. The minimum atomic E-state index is 0. The summed E-state index contributed by atoms with van der Waals surface area (Å²) in [6.45, 7) is 5.90. The molecule has 0 saturated carbocycles. The van der Waals surface area contributed by atoms with Gasteiger partial charge in [0.25, 0.3) is 0 Å². The highest BCUT2D eigenvalue weighted by molar-refractivity contribution is 14.0. The maximum Gasteiger partial charge on any atom is 0.193 e. The SMILES string of the molecule is Cc1ccc(NC(N)=NCCCOCc2ccco2)cc1C.I. The Hall–Kier alpha value is -1.54. The first-order valence-corrected chi connectivity index (χ1v) is 7.39. The van der Waals surface area contributed by atoms with Crippen molar-refractivity contribution in [2.45, 2.75) is 26.9 Å². The van der Waals surface area contributed by atoms with E-state index in [1.165, 1.54) is 11.1 Å². The molecule has 0 bridgehead atoms. The second kappa shape index (κ2) is 10.3. The molecule has 2 rings (SSSR count). The van der Waals surface area contributed by atoms with Crippen LogP contribution < -0.4 is 11.1 Å². The molecule has 0 radical (unpaired) electrons. The lowest BCUT2D eigenvalue weighted by Crippen LogP contribution is -2.23. The van der Waals surface area contributed by atoms with Crippen molar-refractivity contribution in [3.8, 4) is 0 Å². The van der Waals surface area contributed by atoms with Gasteiger partial charge in [0.1, 0.15) is 12.4 Å². The van der Waals surface area contributed by atoms with Gasteiger partial charge in [-0.15, -0.1) is 24.0 Å². The Bertz CT molecular complexity index is 612. The van der Waals surface area contributed by atoms with Crippen molar-refractivity contribution in [3.05, 3.63) is 53.5 Å². The first kappa shape index (κ1) is 19.5. The number of anilines is 1. The van der Waals surface area contributed by atoms with Gasteiger partial charge in [-0.2, -0.15) is 0 Å². The Morgan fingerprint density at radius 2 is 2.09 bits per heavy atom. The van der Waals surface area contributed by atoms with E-state index in [9.17, 15) is 0 Å². The van der Waals surface area contributed by atoms with Crippen LogP contribution in [0.3, 0.4) is 0 Å².